The van der Waals surface area contributed by atoms with Gasteiger partial charge in [0, 0.05) is 36.9 Å². The van der Waals surface area contributed by atoms with Crippen molar-refractivity contribution in [3.8, 4) is 0 Å². The van der Waals surface area contributed by atoms with Crippen LogP contribution in [0.1, 0.15) is 16.8 Å². The number of non-ortho nitro benzene ring substituents is 1. The molecule has 0 amide bonds. The summed E-state index contributed by atoms with van der Waals surface area (Å²) in [5, 5.41) is 37.2. The first-order valence-corrected chi connectivity index (χ1v) is 10.2. The molecule has 0 bridgehead atoms. The molecule has 2 aromatic heterocycles. The van der Waals surface area contributed by atoms with E-state index < -0.39 is 22.2 Å². The lowest BCUT2D eigenvalue weighted by molar-refractivity contribution is -0.384. The fourth-order valence-electron chi connectivity index (χ4n) is 3.54. The molecule has 0 spiro atoms. The number of aliphatic hydroxyl groups is 1. The maximum absolute atomic E-state index is 14.5. The van der Waals surface area contributed by atoms with Gasteiger partial charge in [-0.2, -0.15) is 5.10 Å². The SMILES string of the molecule is O=[N+]([O-])c1cccc(Cn2cc(CNCC(O)(Cn3cncn3)c3ccc(F)cc3F)nn2)c1. The predicted molar refractivity (Wildman–Crippen MR) is 114 cm³/mol. The van der Waals surface area contributed by atoms with Crippen molar-refractivity contribution in [2.75, 3.05) is 6.54 Å². The molecule has 0 saturated heterocycles. The van der Waals surface area contributed by atoms with Gasteiger partial charge in [-0.25, -0.2) is 23.1 Å². The van der Waals surface area contributed by atoms with E-state index in [9.17, 15) is 24.0 Å². The number of rotatable bonds is 10. The van der Waals surface area contributed by atoms with Gasteiger partial charge >= 0.3 is 0 Å². The predicted octanol–water partition coefficient (Wildman–Crippen LogP) is 1.78. The lowest BCUT2D eigenvalue weighted by Gasteiger charge is -2.29. The molecule has 4 rings (SSSR count). The van der Waals surface area contributed by atoms with Crippen LogP contribution >= 0.6 is 0 Å². The normalized spacial score (nSPS) is 13.0. The first-order chi connectivity index (χ1) is 16.3. The molecule has 4 aromatic rings. The molecule has 11 nitrogen and oxygen atoms in total. The van der Waals surface area contributed by atoms with Gasteiger partial charge in [-0.3, -0.25) is 10.1 Å². The van der Waals surface area contributed by atoms with E-state index in [2.05, 4.69) is 25.7 Å². The molecule has 0 aliphatic carbocycles. The molecule has 2 heterocycles. The van der Waals surface area contributed by atoms with Crippen molar-refractivity contribution >= 4 is 5.69 Å². The van der Waals surface area contributed by atoms with Gasteiger partial charge in [-0.05, 0) is 11.6 Å². The summed E-state index contributed by atoms with van der Waals surface area (Å²) in [4.78, 5) is 14.3. The third kappa shape index (κ3) is 5.44. The van der Waals surface area contributed by atoms with E-state index in [4.69, 9.17) is 0 Å². The Bertz CT molecular complexity index is 1280. The Hall–Kier alpha value is -4.10. The maximum Gasteiger partial charge on any atom is 0.269 e. The van der Waals surface area contributed by atoms with Crippen molar-refractivity contribution in [2.24, 2.45) is 0 Å². The number of nitro benzene ring substituents is 1. The summed E-state index contributed by atoms with van der Waals surface area (Å²) in [6, 6.07) is 9.18. The highest BCUT2D eigenvalue weighted by molar-refractivity contribution is 5.34. The summed E-state index contributed by atoms with van der Waals surface area (Å²) >= 11 is 0. The van der Waals surface area contributed by atoms with Crippen molar-refractivity contribution in [3.63, 3.8) is 0 Å². The summed E-state index contributed by atoms with van der Waals surface area (Å²) in [7, 11) is 0. The van der Waals surface area contributed by atoms with Gasteiger partial charge < -0.3 is 10.4 Å². The summed E-state index contributed by atoms with van der Waals surface area (Å²) < 4.78 is 30.7. The summed E-state index contributed by atoms with van der Waals surface area (Å²) in [5.41, 5.74) is -0.643. The standard InChI is InChI=1S/C21H20F2N8O3/c22-16-4-5-19(20(23)7-16)21(32,12-30-14-25-13-26-30)11-24-8-17-10-29(28-27-17)9-15-2-1-3-18(6-15)31(33)34/h1-7,10,13-14,24,32H,8-9,11-12H2. The number of halogens is 2. The van der Waals surface area contributed by atoms with Gasteiger partial charge in [-0.15, -0.1) is 5.10 Å². The van der Waals surface area contributed by atoms with Gasteiger partial charge in [0.15, 0.2) is 0 Å². The van der Waals surface area contributed by atoms with E-state index >= 15 is 0 Å². The third-order valence-corrected chi connectivity index (χ3v) is 5.10. The van der Waals surface area contributed by atoms with Crippen LogP contribution in [0.5, 0.6) is 0 Å². The van der Waals surface area contributed by atoms with Crippen LogP contribution in [0.3, 0.4) is 0 Å². The number of hydrogen-bond acceptors (Lipinski definition) is 8. The molecule has 0 fully saturated rings. The molecular weight excluding hydrogens is 450 g/mol. The van der Waals surface area contributed by atoms with Crippen LogP contribution in [0.2, 0.25) is 0 Å². The van der Waals surface area contributed by atoms with E-state index in [1.807, 2.05) is 0 Å². The average Bonchev–Trinajstić information content (AvgIpc) is 3.46. The van der Waals surface area contributed by atoms with Gasteiger partial charge in [-0.1, -0.05) is 23.4 Å². The fraction of sp³-hybridized carbons (Fsp3) is 0.238. The number of nitrogens with one attached hydrogen (secondary N) is 1. The van der Waals surface area contributed by atoms with E-state index in [1.54, 1.807) is 18.3 Å². The fourth-order valence-corrected chi connectivity index (χ4v) is 3.54. The zero-order chi connectivity index (χ0) is 24.1. The molecule has 34 heavy (non-hydrogen) atoms. The maximum atomic E-state index is 14.5. The largest absolute Gasteiger partial charge is 0.382 e. The molecular formula is C21H20F2N8O3. The molecule has 13 heteroatoms. The molecule has 2 N–H and O–H groups in total. The van der Waals surface area contributed by atoms with Gasteiger partial charge in [0.1, 0.15) is 29.9 Å². The van der Waals surface area contributed by atoms with Crippen molar-refractivity contribution in [1.29, 1.82) is 0 Å². The Morgan fingerprint density at radius 2 is 2.03 bits per heavy atom. The van der Waals surface area contributed by atoms with Gasteiger partial charge in [0.25, 0.3) is 5.69 Å². The van der Waals surface area contributed by atoms with Crippen LogP contribution in [-0.2, 0) is 25.2 Å². The minimum absolute atomic E-state index is 0.0146. The Kier molecular flexibility index (Phi) is 6.65. The molecule has 0 aliphatic heterocycles. The minimum Gasteiger partial charge on any atom is -0.382 e. The first kappa shape index (κ1) is 23.1. The highest BCUT2D eigenvalue weighted by atomic mass is 19.1. The third-order valence-electron chi connectivity index (χ3n) is 5.10. The van der Waals surface area contributed by atoms with E-state index in [-0.39, 0.29) is 37.4 Å². The van der Waals surface area contributed by atoms with Crippen molar-refractivity contribution in [1.82, 2.24) is 35.1 Å². The second-order valence-corrected chi connectivity index (χ2v) is 7.69. The van der Waals surface area contributed by atoms with Crippen molar-refractivity contribution < 1.29 is 18.8 Å². The summed E-state index contributed by atoms with van der Waals surface area (Å²) in [6.07, 6.45) is 4.32. The molecule has 176 valence electrons. The van der Waals surface area contributed by atoms with Crippen LogP contribution in [0.4, 0.5) is 14.5 Å². The lowest BCUT2D eigenvalue weighted by atomic mass is 9.92. The van der Waals surface area contributed by atoms with Crippen molar-refractivity contribution in [2.45, 2.75) is 25.2 Å². The highest BCUT2D eigenvalue weighted by Gasteiger charge is 2.33. The van der Waals surface area contributed by atoms with Gasteiger partial charge in [0.2, 0.25) is 0 Å². The number of hydrogen-bond donors (Lipinski definition) is 2. The zero-order valence-electron chi connectivity index (χ0n) is 17.8. The second-order valence-electron chi connectivity index (χ2n) is 7.69. The quantitative estimate of drug-likeness (QED) is 0.264. The van der Waals surface area contributed by atoms with Crippen LogP contribution in [0.25, 0.3) is 0 Å². The van der Waals surface area contributed by atoms with Crippen molar-refractivity contribution in [3.05, 3.63) is 99.9 Å². The summed E-state index contributed by atoms with van der Waals surface area (Å²) in [6.45, 7) is 0.248. The van der Waals surface area contributed by atoms with E-state index in [0.29, 0.717) is 17.3 Å². The van der Waals surface area contributed by atoms with Crippen LogP contribution in [0.15, 0.2) is 61.3 Å². The number of nitrogens with zero attached hydrogens (tertiary/aromatic N) is 7. The van der Waals surface area contributed by atoms with E-state index in [1.165, 1.54) is 40.2 Å². The molecule has 1 unspecified atom stereocenters. The molecule has 1 atom stereocenters. The second kappa shape index (κ2) is 9.80. The number of benzene rings is 2. The zero-order valence-corrected chi connectivity index (χ0v) is 17.8. The van der Waals surface area contributed by atoms with E-state index in [0.717, 1.165) is 6.07 Å². The number of nitro groups is 1. The Morgan fingerprint density at radius 3 is 2.76 bits per heavy atom. The van der Waals surface area contributed by atoms with Crippen LogP contribution in [0, 0.1) is 21.7 Å². The Morgan fingerprint density at radius 1 is 1.18 bits per heavy atom. The Balaban J connectivity index is 1.43. The first-order valence-electron chi connectivity index (χ1n) is 10.2. The van der Waals surface area contributed by atoms with Gasteiger partial charge in [0.05, 0.1) is 29.9 Å². The smallest absolute Gasteiger partial charge is 0.269 e. The molecule has 0 radical (unpaired) electrons. The molecule has 0 saturated carbocycles. The minimum atomic E-state index is -1.76. The molecule has 0 aliphatic rings. The van der Waals surface area contributed by atoms with Crippen LogP contribution in [-0.4, -0.2) is 46.3 Å². The lowest BCUT2D eigenvalue weighted by Crippen LogP contribution is -2.42. The van der Waals surface area contributed by atoms with Crippen LogP contribution < -0.4 is 5.32 Å². The Labute approximate surface area is 191 Å². The highest BCUT2D eigenvalue weighted by Crippen LogP contribution is 2.26. The topological polar surface area (TPSA) is 137 Å². The monoisotopic (exact) mass is 470 g/mol. The average molecular weight is 470 g/mol. The summed E-state index contributed by atoms with van der Waals surface area (Å²) in [5.74, 6) is -1.63. The molecule has 2 aromatic carbocycles. The number of aromatic nitrogens is 6.